The zero-order valence-electron chi connectivity index (χ0n) is 6.89. The van der Waals surface area contributed by atoms with Crippen LogP contribution < -0.4 is 5.73 Å². The zero-order valence-corrected chi connectivity index (χ0v) is 6.89. The van der Waals surface area contributed by atoms with Crippen LogP contribution in [0.15, 0.2) is 0 Å². The van der Waals surface area contributed by atoms with Crippen molar-refractivity contribution in [1.82, 2.24) is 0 Å². The predicted octanol–water partition coefficient (Wildman–Crippen LogP) is 1.15. The average Bonchev–Trinajstić information content (AvgIpc) is 1.78. The van der Waals surface area contributed by atoms with Gasteiger partial charge in [-0.1, -0.05) is 6.92 Å². The first-order valence-corrected chi connectivity index (χ1v) is 4.02. The maximum Gasteiger partial charge on any atom is 0.0545 e. The van der Waals surface area contributed by atoms with E-state index in [9.17, 15) is 0 Å². The maximum atomic E-state index is 5.71. The number of hydrogen-bond acceptors (Lipinski definition) is 2. The van der Waals surface area contributed by atoms with Gasteiger partial charge in [-0.25, -0.2) is 0 Å². The quantitative estimate of drug-likeness (QED) is 0.643. The lowest BCUT2D eigenvalue weighted by molar-refractivity contribution is -0.121. The van der Waals surface area contributed by atoms with Crippen molar-refractivity contribution in [3.63, 3.8) is 0 Å². The lowest BCUT2D eigenvalue weighted by Gasteiger charge is -2.42. The van der Waals surface area contributed by atoms with E-state index < -0.39 is 0 Å². The average molecular weight is 143 g/mol. The fourth-order valence-electron chi connectivity index (χ4n) is 1.54. The molecule has 0 aromatic carbocycles. The lowest BCUT2D eigenvalue weighted by Crippen LogP contribution is -2.45. The van der Waals surface area contributed by atoms with Crippen molar-refractivity contribution in [3.05, 3.63) is 0 Å². The van der Waals surface area contributed by atoms with Gasteiger partial charge in [-0.2, -0.15) is 0 Å². The molecule has 60 valence electrons. The summed E-state index contributed by atoms with van der Waals surface area (Å²) in [6.45, 7) is 6.12. The van der Waals surface area contributed by atoms with Crippen molar-refractivity contribution < 1.29 is 4.74 Å². The van der Waals surface area contributed by atoms with Gasteiger partial charge in [-0.15, -0.1) is 0 Å². The Morgan fingerprint density at radius 2 is 2.20 bits per heavy atom. The highest BCUT2D eigenvalue weighted by atomic mass is 16.5. The van der Waals surface area contributed by atoms with Crippen LogP contribution in [0, 0.1) is 5.41 Å². The van der Waals surface area contributed by atoms with E-state index >= 15 is 0 Å². The molecule has 1 aliphatic rings. The van der Waals surface area contributed by atoms with Crippen molar-refractivity contribution in [3.8, 4) is 0 Å². The van der Waals surface area contributed by atoms with E-state index in [-0.39, 0.29) is 0 Å². The Kier molecular flexibility index (Phi) is 2.32. The summed E-state index contributed by atoms with van der Waals surface area (Å²) < 4.78 is 5.17. The third-order valence-electron chi connectivity index (χ3n) is 2.32. The van der Waals surface area contributed by atoms with Crippen LogP contribution in [0.2, 0.25) is 0 Å². The monoisotopic (exact) mass is 143 g/mol. The summed E-state index contributed by atoms with van der Waals surface area (Å²) in [6.07, 6.45) is 2.32. The molecule has 1 aliphatic heterocycles. The molecule has 0 aromatic rings. The molecule has 1 saturated heterocycles. The smallest absolute Gasteiger partial charge is 0.0545 e. The van der Waals surface area contributed by atoms with Crippen molar-refractivity contribution >= 4 is 0 Å². The Hall–Kier alpha value is -0.0800. The molecule has 2 N–H and O–H groups in total. The largest absolute Gasteiger partial charge is 0.380 e. The first-order chi connectivity index (χ1) is 4.68. The number of ether oxygens (including phenoxy) is 1. The second-order valence-electron chi connectivity index (χ2n) is 3.53. The molecule has 0 saturated carbocycles. The van der Waals surface area contributed by atoms with Gasteiger partial charge in [0.1, 0.15) is 0 Å². The lowest BCUT2D eigenvalue weighted by atomic mass is 9.78. The summed E-state index contributed by atoms with van der Waals surface area (Å²) in [7, 11) is 0. The molecule has 0 unspecified atom stereocenters. The van der Waals surface area contributed by atoms with Gasteiger partial charge in [-0.3, -0.25) is 0 Å². The summed E-state index contributed by atoms with van der Waals surface area (Å²) in [5.41, 5.74) is 6.15. The van der Waals surface area contributed by atoms with Gasteiger partial charge >= 0.3 is 0 Å². The molecule has 1 heterocycles. The Balaban J connectivity index is 2.33. The number of hydrogen-bond donors (Lipinski definition) is 1. The van der Waals surface area contributed by atoms with E-state index in [1.165, 1.54) is 6.42 Å². The molecule has 0 aliphatic carbocycles. The number of nitrogens with two attached hydrogens (primary N) is 1. The summed E-state index contributed by atoms with van der Waals surface area (Å²) in [5.74, 6) is 0. The van der Waals surface area contributed by atoms with Gasteiger partial charge in [0.15, 0.2) is 0 Å². The van der Waals surface area contributed by atoms with Gasteiger partial charge in [-0.05, 0) is 19.8 Å². The third kappa shape index (κ3) is 1.50. The molecule has 10 heavy (non-hydrogen) atoms. The van der Waals surface area contributed by atoms with E-state index in [1.54, 1.807) is 0 Å². The molecule has 2 heteroatoms. The molecular weight excluding hydrogens is 126 g/mol. The minimum atomic E-state index is 0.323. The van der Waals surface area contributed by atoms with E-state index in [0.717, 1.165) is 19.6 Å². The third-order valence-corrected chi connectivity index (χ3v) is 2.32. The second kappa shape index (κ2) is 2.89. The van der Waals surface area contributed by atoms with Crippen LogP contribution in [0.3, 0.4) is 0 Å². The molecule has 2 nitrogen and oxygen atoms in total. The first kappa shape index (κ1) is 8.02. The van der Waals surface area contributed by atoms with E-state index in [0.29, 0.717) is 11.5 Å². The SMILES string of the molecule is CCC1(C[C@@H](C)N)COC1. The summed E-state index contributed by atoms with van der Waals surface area (Å²) >= 11 is 0. The molecule has 1 atom stereocenters. The van der Waals surface area contributed by atoms with E-state index in [1.807, 2.05) is 0 Å². The van der Waals surface area contributed by atoms with Crippen molar-refractivity contribution in [1.29, 1.82) is 0 Å². The first-order valence-electron chi connectivity index (χ1n) is 4.02. The summed E-state index contributed by atoms with van der Waals surface area (Å²) in [4.78, 5) is 0. The van der Waals surface area contributed by atoms with E-state index in [4.69, 9.17) is 10.5 Å². The highest BCUT2D eigenvalue weighted by Crippen LogP contribution is 2.35. The van der Waals surface area contributed by atoms with Crippen LogP contribution in [0.25, 0.3) is 0 Å². The van der Waals surface area contributed by atoms with Gasteiger partial charge in [0.25, 0.3) is 0 Å². The van der Waals surface area contributed by atoms with Crippen LogP contribution in [0.5, 0.6) is 0 Å². The molecule has 0 bridgehead atoms. The van der Waals surface area contributed by atoms with Gasteiger partial charge < -0.3 is 10.5 Å². The topological polar surface area (TPSA) is 35.2 Å². The highest BCUT2D eigenvalue weighted by Gasteiger charge is 2.36. The molecule has 0 radical (unpaired) electrons. The Bertz CT molecular complexity index is 102. The van der Waals surface area contributed by atoms with Gasteiger partial charge in [0, 0.05) is 11.5 Å². The molecule has 1 fully saturated rings. The van der Waals surface area contributed by atoms with Crippen LogP contribution >= 0.6 is 0 Å². The standard InChI is InChI=1S/C8H17NO/c1-3-8(4-7(2)9)5-10-6-8/h7H,3-6,9H2,1-2H3/t7-/m1/s1. The van der Waals surface area contributed by atoms with E-state index in [2.05, 4.69) is 13.8 Å². The summed E-state index contributed by atoms with van der Waals surface area (Å²) in [6, 6.07) is 0.323. The predicted molar refractivity (Wildman–Crippen MR) is 41.8 cm³/mol. The summed E-state index contributed by atoms with van der Waals surface area (Å²) in [5, 5.41) is 0. The molecule has 1 rings (SSSR count). The fourth-order valence-corrected chi connectivity index (χ4v) is 1.54. The van der Waals surface area contributed by atoms with Crippen LogP contribution in [-0.2, 0) is 4.74 Å². The normalized spacial score (nSPS) is 25.5. The molecular formula is C8H17NO. The van der Waals surface area contributed by atoms with Gasteiger partial charge in [0.05, 0.1) is 13.2 Å². The maximum absolute atomic E-state index is 5.71. The van der Waals surface area contributed by atoms with Crippen LogP contribution in [-0.4, -0.2) is 19.3 Å². The van der Waals surface area contributed by atoms with Crippen LogP contribution in [0.1, 0.15) is 26.7 Å². The Labute approximate surface area is 62.7 Å². The zero-order chi connectivity index (χ0) is 7.61. The molecule has 0 amide bonds. The van der Waals surface area contributed by atoms with Crippen molar-refractivity contribution in [2.24, 2.45) is 11.1 Å². The van der Waals surface area contributed by atoms with Crippen molar-refractivity contribution in [2.75, 3.05) is 13.2 Å². The number of rotatable bonds is 3. The minimum absolute atomic E-state index is 0.323. The van der Waals surface area contributed by atoms with Crippen LogP contribution in [0.4, 0.5) is 0 Å². The second-order valence-corrected chi connectivity index (χ2v) is 3.53. The molecule has 0 spiro atoms. The van der Waals surface area contributed by atoms with Gasteiger partial charge in [0.2, 0.25) is 0 Å². The minimum Gasteiger partial charge on any atom is -0.380 e. The highest BCUT2D eigenvalue weighted by molar-refractivity contribution is 4.86. The Morgan fingerprint density at radius 1 is 1.60 bits per heavy atom. The molecule has 0 aromatic heterocycles. The Morgan fingerprint density at radius 3 is 2.30 bits per heavy atom. The fraction of sp³-hybridized carbons (Fsp3) is 1.00. The van der Waals surface area contributed by atoms with Crippen molar-refractivity contribution in [2.45, 2.75) is 32.7 Å².